The number of aromatic nitrogens is 4. The van der Waals surface area contributed by atoms with Gasteiger partial charge < -0.3 is 10.0 Å². The number of rotatable bonds is 6. The fraction of sp³-hybridized carbons (Fsp3) is 0.600. The fourth-order valence-electron chi connectivity index (χ4n) is 4.08. The van der Waals surface area contributed by atoms with Crippen molar-refractivity contribution in [2.24, 2.45) is 5.92 Å². The number of amides is 1. The van der Waals surface area contributed by atoms with Gasteiger partial charge in [0.05, 0.1) is 35.7 Å². The van der Waals surface area contributed by atoms with Crippen molar-refractivity contribution in [1.82, 2.24) is 24.5 Å². The van der Waals surface area contributed by atoms with E-state index in [0.717, 1.165) is 29.9 Å². The summed E-state index contributed by atoms with van der Waals surface area (Å²) in [7, 11) is 0. The Kier molecular flexibility index (Phi) is 4.82. The molecule has 0 spiro atoms. The van der Waals surface area contributed by atoms with Gasteiger partial charge in [-0.1, -0.05) is 0 Å². The normalized spacial score (nSPS) is 17.5. The molecule has 150 valence electrons. The van der Waals surface area contributed by atoms with Crippen molar-refractivity contribution in [1.29, 1.82) is 0 Å². The van der Waals surface area contributed by atoms with Gasteiger partial charge in [-0.25, -0.2) is 0 Å². The summed E-state index contributed by atoms with van der Waals surface area (Å²) in [6.45, 7) is 7.46. The van der Waals surface area contributed by atoms with E-state index in [9.17, 15) is 14.7 Å². The van der Waals surface area contributed by atoms with E-state index < -0.39 is 6.10 Å². The van der Waals surface area contributed by atoms with E-state index in [-0.39, 0.29) is 11.7 Å². The molecular weight excluding hydrogens is 358 g/mol. The molecule has 8 nitrogen and oxygen atoms in total. The molecule has 1 fully saturated rings. The fourth-order valence-corrected chi connectivity index (χ4v) is 4.08. The first kappa shape index (κ1) is 18.9. The van der Waals surface area contributed by atoms with Gasteiger partial charge in [0.2, 0.25) is 5.91 Å². The minimum Gasteiger partial charge on any atom is -0.386 e. The van der Waals surface area contributed by atoms with Gasteiger partial charge in [-0.05, 0) is 45.6 Å². The summed E-state index contributed by atoms with van der Waals surface area (Å²) in [6.07, 6.45) is 1.98. The Bertz CT molecular complexity index is 925. The first-order valence-electron chi connectivity index (χ1n) is 9.92. The second kappa shape index (κ2) is 7.16. The summed E-state index contributed by atoms with van der Waals surface area (Å²) in [5.74, 6) is 0.407. The molecule has 2 aromatic rings. The van der Waals surface area contributed by atoms with Crippen LogP contribution in [0.15, 0.2) is 6.07 Å². The number of aliphatic hydroxyl groups is 1. The van der Waals surface area contributed by atoms with Crippen LogP contribution in [0.4, 0.5) is 0 Å². The third kappa shape index (κ3) is 3.48. The van der Waals surface area contributed by atoms with Gasteiger partial charge in [0.15, 0.2) is 5.78 Å². The Morgan fingerprint density at radius 1 is 1.25 bits per heavy atom. The van der Waals surface area contributed by atoms with Crippen molar-refractivity contribution in [2.75, 3.05) is 6.54 Å². The highest BCUT2D eigenvalue weighted by Crippen LogP contribution is 2.40. The Morgan fingerprint density at radius 3 is 2.64 bits per heavy atom. The van der Waals surface area contributed by atoms with Crippen LogP contribution in [0, 0.1) is 19.8 Å². The number of aryl methyl sites for hydroxylation is 2. The van der Waals surface area contributed by atoms with Gasteiger partial charge in [-0.2, -0.15) is 10.2 Å². The van der Waals surface area contributed by atoms with Crippen LogP contribution < -0.4 is 0 Å². The first-order chi connectivity index (χ1) is 13.3. The molecule has 4 rings (SSSR count). The van der Waals surface area contributed by atoms with Crippen molar-refractivity contribution in [3.8, 4) is 0 Å². The molecule has 1 unspecified atom stereocenters. The van der Waals surface area contributed by atoms with E-state index in [1.165, 1.54) is 6.92 Å². The molecular formula is C20H27N5O3. The van der Waals surface area contributed by atoms with Crippen molar-refractivity contribution in [3.05, 3.63) is 34.4 Å². The summed E-state index contributed by atoms with van der Waals surface area (Å²) >= 11 is 0. The monoisotopic (exact) mass is 385 g/mol. The molecule has 8 heteroatoms. The van der Waals surface area contributed by atoms with Crippen LogP contribution in [-0.2, 0) is 24.4 Å². The summed E-state index contributed by atoms with van der Waals surface area (Å²) in [4.78, 5) is 26.3. The van der Waals surface area contributed by atoms with Crippen LogP contribution in [-0.4, -0.2) is 47.8 Å². The molecule has 0 aromatic carbocycles. The number of carbonyl (C=O) groups excluding carboxylic acids is 2. The highest BCUT2D eigenvalue weighted by molar-refractivity contribution is 5.96. The summed E-state index contributed by atoms with van der Waals surface area (Å²) in [5.41, 5.74) is 3.87. The maximum atomic E-state index is 12.7. The summed E-state index contributed by atoms with van der Waals surface area (Å²) in [6, 6.07) is 1.93. The Morgan fingerprint density at radius 2 is 2.00 bits per heavy atom. The standard InChI is InChI=1S/C20H27N5O3/c1-12-19(14(3)26)13(2)24(21-12)7-6-18(27)23-8-9-25-16(11-23)10-17(22-25)20(28)15-4-5-15/h10,15,20,28H,4-9,11H2,1-3H3. The predicted octanol–water partition coefficient (Wildman–Crippen LogP) is 1.77. The zero-order chi connectivity index (χ0) is 20.0. The van der Waals surface area contributed by atoms with Crippen molar-refractivity contribution >= 4 is 11.7 Å². The predicted molar refractivity (Wildman–Crippen MR) is 102 cm³/mol. The summed E-state index contributed by atoms with van der Waals surface area (Å²) < 4.78 is 3.66. The summed E-state index contributed by atoms with van der Waals surface area (Å²) in [5, 5.41) is 19.2. The topological polar surface area (TPSA) is 93.3 Å². The van der Waals surface area contributed by atoms with Gasteiger partial charge in [-0.3, -0.25) is 19.0 Å². The number of nitrogens with zero attached hydrogens (tertiary/aromatic N) is 5. The molecule has 0 saturated heterocycles. The molecule has 0 radical (unpaired) electrons. The van der Waals surface area contributed by atoms with Gasteiger partial charge in [0.25, 0.3) is 0 Å². The van der Waals surface area contributed by atoms with E-state index >= 15 is 0 Å². The molecule has 2 aliphatic rings. The molecule has 28 heavy (non-hydrogen) atoms. The number of hydrogen-bond donors (Lipinski definition) is 1. The van der Waals surface area contributed by atoms with Gasteiger partial charge in [0, 0.05) is 25.2 Å². The number of Topliss-reactive ketones (excluding diaryl/α,β-unsaturated/α-hetero) is 1. The molecule has 1 saturated carbocycles. The number of carbonyl (C=O) groups is 2. The molecule has 1 atom stereocenters. The van der Waals surface area contributed by atoms with Crippen molar-refractivity contribution in [3.63, 3.8) is 0 Å². The van der Waals surface area contributed by atoms with Crippen LogP contribution in [0.2, 0.25) is 0 Å². The number of ketones is 1. The Balaban J connectivity index is 1.39. The zero-order valence-electron chi connectivity index (χ0n) is 16.7. The van der Waals surface area contributed by atoms with E-state index in [1.807, 2.05) is 29.5 Å². The van der Waals surface area contributed by atoms with Gasteiger partial charge >= 0.3 is 0 Å². The van der Waals surface area contributed by atoms with E-state index in [2.05, 4.69) is 10.2 Å². The minimum absolute atomic E-state index is 0.000980. The van der Waals surface area contributed by atoms with E-state index in [0.29, 0.717) is 49.8 Å². The van der Waals surface area contributed by atoms with E-state index in [1.54, 1.807) is 4.68 Å². The van der Waals surface area contributed by atoms with E-state index in [4.69, 9.17) is 0 Å². The second-order valence-corrected chi connectivity index (χ2v) is 7.96. The zero-order valence-corrected chi connectivity index (χ0v) is 16.7. The van der Waals surface area contributed by atoms with Crippen LogP contribution in [0.25, 0.3) is 0 Å². The maximum Gasteiger partial charge on any atom is 0.224 e. The maximum absolute atomic E-state index is 12.7. The van der Waals surface area contributed by atoms with Crippen LogP contribution in [0.3, 0.4) is 0 Å². The number of fused-ring (bicyclic) bond motifs is 1. The van der Waals surface area contributed by atoms with Crippen molar-refractivity contribution < 1.29 is 14.7 Å². The lowest BCUT2D eigenvalue weighted by molar-refractivity contribution is -0.133. The second-order valence-electron chi connectivity index (χ2n) is 7.96. The molecule has 1 aliphatic carbocycles. The molecule has 1 aliphatic heterocycles. The smallest absolute Gasteiger partial charge is 0.224 e. The highest BCUT2D eigenvalue weighted by Gasteiger charge is 2.33. The average molecular weight is 385 g/mol. The largest absolute Gasteiger partial charge is 0.386 e. The highest BCUT2D eigenvalue weighted by atomic mass is 16.3. The average Bonchev–Trinajstić information content (AvgIpc) is 3.34. The van der Waals surface area contributed by atoms with Crippen LogP contribution in [0.5, 0.6) is 0 Å². The quantitative estimate of drug-likeness (QED) is 0.765. The van der Waals surface area contributed by atoms with Crippen LogP contribution in [0.1, 0.15) is 65.4 Å². The van der Waals surface area contributed by atoms with Gasteiger partial charge in [0.1, 0.15) is 6.10 Å². The molecule has 1 amide bonds. The molecule has 1 N–H and O–H groups in total. The Labute approximate surface area is 164 Å². The van der Waals surface area contributed by atoms with Crippen LogP contribution >= 0.6 is 0 Å². The van der Waals surface area contributed by atoms with Crippen molar-refractivity contribution in [2.45, 2.75) is 65.8 Å². The van der Waals surface area contributed by atoms with Gasteiger partial charge in [-0.15, -0.1) is 0 Å². The minimum atomic E-state index is -0.483. The third-order valence-electron chi connectivity index (χ3n) is 5.81. The Hall–Kier alpha value is -2.48. The number of aliphatic hydroxyl groups excluding tert-OH is 1. The third-order valence-corrected chi connectivity index (χ3v) is 5.81. The molecule has 3 heterocycles. The molecule has 0 bridgehead atoms. The lowest BCUT2D eigenvalue weighted by Crippen LogP contribution is -2.38. The SMILES string of the molecule is CC(=O)c1c(C)nn(CCC(=O)N2CCn3nc(C(O)C4CC4)cc3C2)c1C. The number of hydrogen-bond acceptors (Lipinski definition) is 5. The lowest BCUT2D eigenvalue weighted by atomic mass is 10.1. The molecule has 2 aromatic heterocycles. The lowest BCUT2D eigenvalue weighted by Gasteiger charge is -2.27. The first-order valence-corrected chi connectivity index (χ1v) is 9.92.